The van der Waals surface area contributed by atoms with Crippen molar-refractivity contribution in [2.24, 2.45) is 5.73 Å². The predicted octanol–water partition coefficient (Wildman–Crippen LogP) is 1.00. The molecule has 2 aromatic rings. The normalized spacial score (nSPS) is 10.5. The number of nitrogens with zero attached hydrogens (tertiary/aromatic N) is 3. The van der Waals surface area contributed by atoms with Crippen molar-refractivity contribution in [2.45, 2.75) is 26.9 Å². The molecule has 0 aliphatic heterocycles. The quantitative estimate of drug-likeness (QED) is 0.856. The molecular weight excluding hydrogens is 270 g/mol. The van der Waals surface area contributed by atoms with Crippen LogP contribution in [0.25, 0.3) is 0 Å². The molecule has 0 unspecified atom stereocenters. The zero-order valence-electron chi connectivity index (χ0n) is 12.4. The Balaban J connectivity index is 2.09. The summed E-state index contributed by atoms with van der Waals surface area (Å²) in [6.07, 6.45) is 1.65. The summed E-state index contributed by atoms with van der Waals surface area (Å²) >= 11 is 0. The molecule has 0 saturated heterocycles. The fourth-order valence-electron chi connectivity index (χ4n) is 2.12. The van der Waals surface area contributed by atoms with E-state index >= 15 is 0 Å². The minimum atomic E-state index is -0.183. The van der Waals surface area contributed by atoms with Crippen molar-refractivity contribution in [3.05, 3.63) is 35.2 Å². The van der Waals surface area contributed by atoms with Crippen LogP contribution in [0.1, 0.15) is 16.8 Å². The lowest BCUT2D eigenvalue weighted by molar-refractivity contribution is -0.116. The van der Waals surface area contributed by atoms with Crippen molar-refractivity contribution in [2.75, 3.05) is 12.4 Å². The molecule has 7 heteroatoms. The number of carbonyl (C=O) groups is 1. The van der Waals surface area contributed by atoms with Gasteiger partial charge in [-0.25, -0.2) is 4.68 Å². The molecule has 3 N–H and O–H groups in total. The van der Waals surface area contributed by atoms with Gasteiger partial charge in [0, 0.05) is 17.8 Å². The fraction of sp³-hybridized carbons (Fsp3) is 0.357. The minimum Gasteiger partial charge on any atom is -0.496 e. The van der Waals surface area contributed by atoms with Gasteiger partial charge in [0.25, 0.3) is 0 Å². The van der Waals surface area contributed by atoms with Gasteiger partial charge in [0.2, 0.25) is 5.91 Å². The van der Waals surface area contributed by atoms with E-state index in [0.29, 0.717) is 12.2 Å². The molecule has 0 spiro atoms. The molecule has 21 heavy (non-hydrogen) atoms. The number of anilines is 1. The van der Waals surface area contributed by atoms with Crippen LogP contribution >= 0.6 is 0 Å². The van der Waals surface area contributed by atoms with E-state index in [9.17, 15) is 4.79 Å². The average molecular weight is 289 g/mol. The predicted molar refractivity (Wildman–Crippen MR) is 79.0 cm³/mol. The molecule has 0 aliphatic carbocycles. The highest BCUT2D eigenvalue weighted by Gasteiger charge is 2.11. The maximum Gasteiger partial charge on any atom is 0.246 e. The van der Waals surface area contributed by atoms with Crippen molar-refractivity contribution < 1.29 is 9.53 Å². The molecule has 2 rings (SSSR count). The van der Waals surface area contributed by atoms with Gasteiger partial charge in [0.15, 0.2) is 0 Å². The van der Waals surface area contributed by atoms with Crippen LogP contribution in [0.15, 0.2) is 18.3 Å². The second kappa shape index (κ2) is 6.36. The van der Waals surface area contributed by atoms with Gasteiger partial charge in [-0.1, -0.05) is 11.3 Å². The molecule has 0 aliphatic rings. The molecule has 1 aromatic carbocycles. The highest BCUT2D eigenvalue weighted by atomic mass is 16.5. The van der Waals surface area contributed by atoms with Crippen LogP contribution in [0.2, 0.25) is 0 Å². The Morgan fingerprint density at radius 2 is 2.19 bits per heavy atom. The average Bonchev–Trinajstić information content (AvgIpc) is 2.90. The number of amides is 1. The Hall–Kier alpha value is -2.41. The zero-order valence-corrected chi connectivity index (χ0v) is 12.4. The van der Waals surface area contributed by atoms with Gasteiger partial charge in [-0.15, -0.1) is 5.10 Å². The van der Waals surface area contributed by atoms with Crippen LogP contribution in [0, 0.1) is 13.8 Å². The highest BCUT2D eigenvalue weighted by Crippen LogP contribution is 2.29. The van der Waals surface area contributed by atoms with Crippen molar-refractivity contribution >= 4 is 11.6 Å². The molecule has 1 aromatic heterocycles. The number of methoxy groups -OCH3 is 1. The molecule has 0 atom stereocenters. The van der Waals surface area contributed by atoms with E-state index in [4.69, 9.17) is 10.5 Å². The SMILES string of the molecule is COc1c(C)ccc(NC(=O)Cn2cc(CN)nn2)c1C. The smallest absolute Gasteiger partial charge is 0.246 e. The van der Waals surface area contributed by atoms with Gasteiger partial charge in [-0.05, 0) is 25.5 Å². The lowest BCUT2D eigenvalue weighted by Gasteiger charge is -2.13. The fourth-order valence-corrected chi connectivity index (χ4v) is 2.12. The Labute approximate surface area is 123 Å². The molecule has 0 bridgehead atoms. The van der Waals surface area contributed by atoms with Gasteiger partial charge in [0.05, 0.1) is 19.0 Å². The maximum absolute atomic E-state index is 12.0. The lowest BCUT2D eigenvalue weighted by atomic mass is 10.1. The van der Waals surface area contributed by atoms with Crippen LogP contribution in [-0.2, 0) is 17.9 Å². The van der Waals surface area contributed by atoms with E-state index in [1.807, 2.05) is 26.0 Å². The number of benzene rings is 1. The van der Waals surface area contributed by atoms with Crippen molar-refractivity contribution in [3.8, 4) is 5.75 Å². The Morgan fingerprint density at radius 1 is 1.43 bits per heavy atom. The van der Waals surface area contributed by atoms with E-state index in [1.54, 1.807) is 13.3 Å². The van der Waals surface area contributed by atoms with Crippen molar-refractivity contribution in [1.82, 2.24) is 15.0 Å². The van der Waals surface area contributed by atoms with Gasteiger partial charge in [-0.2, -0.15) is 0 Å². The van der Waals surface area contributed by atoms with Crippen LogP contribution in [0.3, 0.4) is 0 Å². The van der Waals surface area contributed by atoms with E-state index in [2.05, 4.69) is 15.6 Å². The summed E-state index contributed by atoms with van der Waals surface area (Å²) in [5.41, 5.74) is 8.75. The second-order valence-electron chi connectivity index (χ2n) is 4.75. The highest BCUT2D eigenvalue weighted by molar-refractivity contribution is 5.91. The summed E-state index contributed by atoms with van der Waals surface area (Å²) in [6, 6.07) is 3.77. The van der Waals surface area contributed by atoms with E-state index < -0.39 is 0 Å². The summed E-state index contributed by atoms with van der Waals surface area (Å²) < 4.78 is 6.80. The second-order valence-corrected chi connectivity index (χ2v) is 4.75. The topological polar surface area (TPSA) is 95.1 Å². The number of hydrogen-bond acceptors (Lipinski definition) is 5. The Kier molecular flexibility index (Phi) is 4.54. The van der Waals surface area contributed by atoms with Crippen LogP contribution in [0.4, 0.5) is 5.69 Å². The van der Waals surface area contributed by atoms with Gasteiger partial charge >= 0.3 is 0 Å². The summed E-state index contributed by atoms with van der Waals surface area (Å²) in [6.45, 7) is 4.25. The number of carbonyl (C=O) groups excluding carboxylic acids is 1. The molecule has 0 saturated carbocycles. The molecule has 0 radical (unpaired) electrons. The summed E-state index contributed by atoms with van der Waals surface area (Å²) in [4.78, 5) is 12.0. The van der Waals surface area contributed by atoms with Gasteiger partial charge in [-0.3, -0.25) is 4.79 Å². The third-order valence-electron chi connectivity index (χ3n) is 3.18. The van der Waals surface area contributed by atoms with Crippen LogP contribution < -0.4 is 15.8 Å². The first kappa shape index (κ1) is 15.0. The minimum absolute atomic E-state index is 0.0859. The van der Waals surface area contributed by atoms with Gasteiger partial charge < -0.3 is 15.8 Å². The van der Waals surface area contributed by atoms with E-state index in [1.165, 1.54) is 4.68 Å². The zero-order chi connectivity index (χ0) is 15.4. The molecule has 1 amide bonds. The lowest BCUT2D eigenvalue weighted by Crippen LogP contribution is -2.19. The Bertz CT molecular complexity index is 651. The number of hydrogen-bond donors (Lipinski definition) is 2. The Morgan fingerprint density at radius 3 is 2.81 bits per heavy atom. The van der Waals surface area contributed by atoms with E-state index in [-0.39, 0.29) is 12.5 Å². The first-order chi connectivity index (χ1) is 10.0. The first-order valence-electron chi connectivity index (χ1n) is 6.58. The third-order valence-corrected chi connectivity index (χ3v) is 3.18. The summed E-state index contributed by atoms with van der Waals surface area (Å²) in [5.74, 6) is 0.594. The van der Waals surface area contributed by atoms with Crippen molar-refractivity contribution in [3.63, 3.8) is 0 Å². The largest absolute Gasteiger partial charge is 0.496 e. The monoisotopic (exact) mass is 289 g/mol. The number of rotatable bonds is 5. The van der Waals surface area contributed by atoms with Crippen LogP contribution in [0.5, 0.6) is 5.75 Å². The standard InChI is InChI=1S/C14H19N5O2/c1-9-4-5-12(10(2)14(9)21-3)16-13(20)8-19-7-11(6-15)17-18-19/h4-5,7H,6,8,15H2,1-3H3,(H,16,20). The number of ether oxygens (including phenoxy) is 1. The molecular formula is C14H19N5O2. The van der Waals surface area contributed by atoms with Crippen molar-refractivity contribution in [1.29, 1.82) is 0 Å². The number of nitrogens with one attached hydrogen (secondary N) is 1. The van der Waals surface area contributed by atoms with Crippen LogP contribution in [-0.4, -0.2) is 28.0 Å². The molecule has 112 valence electrons. The first-order valence-corrected chi connectivity index (χ1v) is 6.58. The maximum atomic E-state index is 12.0. The molecule has 1 heterocycles. The number of aromatic nitrogens is 3. The van der Waals surface area contributed by atoms with E-state index in [0.717, 1.165) is 22.6 Å². The summed E-state index contributed by atoms with van der Waals surface area (Å²) in [7, 11) is 1.62. The number of aryl methyl sites for hydroxylation is 1. The number of nitrogens with two attached hydrogens (primary N) is 1. The summed E-state index contributed by atoms with van der Waals surface area (Å²) in [5, 5.41) is 10.5. The third kappa shape index (κ3) is 3.38. The van der Waals surface area contributed by atoms with Gasteiger partial charge in [0.1, 0.15) is 12.3 Å². The molecule has 7 nitrogen and oxygen atoms in total. The molecule has 0 fully saturated rings.